The summed E-state index contributed by atoms with van der Waals surface area (Å²) in [5, 5.41) is 16.2. The fourth-order valence-electron chi connectivity index (χ4n) is 2.70. The molecule has 9 heteroatoms. The van der Waals surface area contributed by atoms with Gasteiger partial charge in [0.15, 0.2) is 5.03 Å². The number of carboxylic acids is 1. The van der Waals surface area contributed by atoms with Crippen molar-refractivity contribution in [1.29, 1.82) is 0 Å². The van der Waals surface area contributed by atoms with E-state index in [4.69, 9.17) is 5.11 Å². The molecular weight excluding hydrogens is 308 g/mol. The van der Waals surface area contributed by atoms with Gasteiger partial charge >= 0.3 is 5.97 Å². The first kappa shape index (κ1) is 14.5. The first-order valence-electron chi connectivity index (χ1n) is 6.59. The zero-order valence-electron chi connectivity index (χ0n) is 11.7. The molecule has 1 aliphatic rings. The Hall–Kier alpha value is -2.42. The summed E-state index contributed by atoms with van der Waals surface area (Å²) in [5.74, 6) is -1.33. The highest BCUT2D eigenvalue weighted by atomic mass is 32.2. The predicted molar refractivity (Wildman–Crippen MR) is 77.0 cm³/mol. The van der Waals surface area contributed by atoms with Crippen molar-refractivity contribution in [2.75, 3.05) is 10.8 Å². The van der Waals surface area contributed by atoms with E-state index < -0.39 is 16.0 Å². The molecule has 0 aliphatic carbocycles. The van der Waals surface area contributed by atoms with Crippen LogP contribution in [-0.2, 0) is 21.9 Å². The second-order valence-electron chi connectivity index (χ2n) is 5.09. The summed E-state index contributed by atoms with van der Waals surface area (Å²) in [6, 6.07) is 6.94. The Labute approximate surface area is 127 Å². The highest BCUT2D eigenvalue weighted by molar-refractivity contribution is 7.92. The largest absolute Gasteiger partial charge is 0.481 e. The molecule has 1 atom stereocenters. The number of anilines is 1. The van der Waals surface area contributed by atoms with E-state index in [0.29, 0.717) is 5.69 Å². The minimum Gasteiger partial charge on any atom is -0.481 e. The van der Waals surface area contributed by atoms with Crippen molar-refractivity contribution >= 4 is 21.7 Å². The van der Waals surface area contributed by atoms with Gasteiger partial charge in [0.2, 0.25) is 0 Å². The van der Waals surface area contributed by atoms with Crippen molar-refractivity contribution in [1.82, 2.24) is 15.0 Å². The molecule has 2 aromatic rings. The van der Waals surface area contributed by atoms with Gasteiger partial charge in [-0.05, 0) is 11.6 Å². The summed E-state index contributed by atoms with van der Waals surface area (Å²) in [4.78, 5) is 11.0. The number of sulfonamides is 1. The molecule has 8 nitrogen and oxygen atoms in total. The molecule has 0 radical (unpaired) electrons. The van der Waals surface area contributed by atoms with Gasteiger partial charge in [-0.3, -0.25) is 9.10 Å². The summed E-state index contributed by atoms with van der Waals surface area (Å²) >= 11 is 0. The number of hydrogen-bond acceptors (Lipinski definition) is 5. The van der Waals surface area contributed by atoms with Crippen molar-refractivity contribution in [2.45, 2.75) is 17.4 Å². The summed E-state index contributed by atoms with van der Waals surface area (Å²) in [5.41, 5.74) is 1.23. The van der Waals surface area contributed by atoms with E-state index in [2.05, 4.69) is 10.3 Å². The molecule has 0 saturated heterocycles. The van der Waals surface area contributed by atoms with Gasteiger partial charge in [0.05, 0.1) is 18.3 Å². The van der Waals surface area contributed by atoms with Crippen molar-refractivity contribution < 1.29 is 18.3 Å². The molecule has 22 heavy (non-hydrogen) atoms. The van der Waals surface area contributed by atoms with Gasteiger partial charge in [0, 0.05) is 19.5 Å². The van der Waals surface area contributed by atoms with Crippen LogP contribution in [0.2, 0.25) is 0 Å². The van der Waals surface area contributed by atoms with Crippen LogP contribution in [0, 0.1) is 0 Å². The predicted octanol–water partition coefficient (Wildman–Crippen LogP) is 0.582. The lowest BCUT2D eigenvalue weighted by molar-refractivity contribution is -0.137. The maximum Gasteiger partial charge on any atom is 0.304 e. The lowest BCUT2D eigenvalue weighted by Gasteiger charge is -2.19. The van der Waals surface area contributed by atoms with Crippen molar-refractivity contribution in [3.8, 4) is 0 Å². The Morgan fingerprint density at radius 3 is 2.77 bits per heavy atom. The van der Waals surface area contributed by atoms with E-state index in [1.165, 1.54) is 22.2 Å². The van der Waals surface area contributed by atoms with Gasteiger partial charge in [0.1, 0.15) is 0 Å². The van der Waals surface area contributed by atoms with E-state index in [-0.39, 0.29) is 23.9 Å². The van der Waals surface area contributed by atoms with E-state index in [1.54, 1.807) is 24.3 Å². The number of nitrogens with zero attached hydrogens (tertiary/aromatic N) is 4. The van der Waals surface area contributed by atoms with Crippen LogP contribution in [0.1, 0.15) is 17.9 Å². The molecule has 3 rings (SSSR count). The van der Waals surface area contributed by atoms with Crippen molar-refractivity contribution in [2.24, 2.45) is 7.05 Å². The first-order valence-corrected chi connectivity index (χ1v) is 8.03. The molecule has 1 N–H and O–H groups in total. The molecule has 116 valence electrons. The number of benzene rings is 1. The third-order valence-corrected chi connectivity index (χ3v) is 5.50. The second-order valence-corrected chi connectivity index (χ2v) is 6.89. The molecule has 0 spiro atoms. The third-order valence-electron chi connectivity index (χ3n) is 3.68. The van der Waals surface area contributed by atoms with Crippen LogP contribution < -0.4 is 4.31 Å². The Balaban J connectivity index is 2.06. The van der Waals surface area contributed by atoms with Crippen LogP contribution in [0.15, 0.2) is 35.5 Å². The molecule has 1 unspecified atom stereocenters. The van der Waals surface area contributed by atoms with Crippen LogP contribution in [-0.4, -0.2) is 41.0 Å². The van der Waals surface area contributed by atoms with Crippen LogP contribution in [0.3, 0.4) is 0 Å². The highest BCUT2D eigenvalue weighted by Crippen LogP contribution is 2.40. The third kappa shape index (κ3) is 2.23. The minimum absolute atomic E-state index is 0.0294. The Morgan fingerprint density at radius 1 is 1.41 bits per heavy atom. The number of aliphatic carboxylic acids is 1. The molecule has 2 heterocycles. The highest BCUT2D eigenvalue weighted by Gasteiger charge is 2.38. The summed E-state index contributed by atoms with van der Waals surface area (Å²) in [6.45, 7) is 0.0964. The maximum atomic E-state index is 12.8. The van der Waals surface area contributed by atoms with Gasteiger partial charge in [-0.25, -0.2) is 4.68 Å². The number of aromatic nitrogens is 3. The number of hydrogen-bond donors (Lipinski definition) is 1. The first-order chi connectivity index (χ1) is 10.4. The zero-order chi connectivity index (χ0) is 15.9. The molecule has 0 bridgehead atoms. The summed E-state index contributed by atoms with van der Waals surface area (Å²) < 4.78 is 28.0. The Kier molecular flexibility index (Phi) is 3.36. The van der Waals surface area contributed by atoms with Crippen molar-refractivity contribution in [3.63, 3.8) is 0 Å². The van der Waals surface area contributed by atoms with Crippen LogP contribution in [0.4, 0.5) is 5.69 Å². The number of rotatable bonds is 4. The Bertz CT molecular complexity index is 830. The van der Waals surface area contributed by atoms with Crippen LogP contribution >= 0.6 is 0 Å². The van der Waals surface area contributed by atoms with E-state index in [0.717, 1.165) is 5.56 Å². The van der Waals surface area contributed by atoms with Crippen molar-refractivity contribution in [3.05, 3.63) is 36.0 Å². The van der Waals surface area contributed by atoms with E-state index >= 15 is 0 Å². The minimum atomic E-state index is -3.83. The molecular formula is C13H14N4O4S. The van der Waals surface area contributed by atoms with Gasteiger partial charge in [-0.2, -0.15) is 8.42 Å². The average Bonchev–Trinajstić information content (AvgIpc) is 3.04. The second kappa shape index (κ2) is 5.09. The number of fused-ring (bicyclic) bond motifs is 1. The monoisotopic (exact) mass is 322 g/mol. The fraction of sp³-hybridized carbons (Fsp3) is 0.308. The van der Waals surface area contributed by atoms with E-state index in [1.807, 2.05) is 0 Å². The van der Waals surface area contributed by atoms with E-state index in [9.17, 15) is 13.2 Å². The van der Waals surface area contributed by atoms with Gasteiger partial charge in [0.25, 0.3) is 10.0 Å². The maximum absolute atomic E-state index is 12.8. The fourth-order valence-corrected chi connectivity index (χ4v) is 4.27. The molecule has 1 aromatic heterocycles. The smallest absolute Gasteiger partial charge is 0.304 e. The molecule has 0 saturated carbocycles. The summed E-state index contributed by atoms with van der Waals surface area (Å²) in [7, 11) is -2.33. The average molecular weight is 322 g/mol. The summed E-state index contributed by atoms with van der Waals surface area (Å²) in [6.07, 6.45) is 1.06. The topological polar surface area (TPSA) is 105 Å². The van der Waals surface area contributed by atoms with Crippen LogP contribution in [0.5, 0.6) is 0 Å². The molecule has 0 fully saturated rings. The van der Waals surface area contributed by atoms with Gasteiger partial charge in [-0.1, -0.05) is 23.4 Å². The van der Waals surface area contributed by atoms with Gasteiger partial charge in [-0.15, -0.1) is 5.10 Å². The SMILES string of the molecule is Cn1nncc1S(=O)(=O)N1CC(CC(=O)O)c2ccccc21. The molecule has 0 amide bonds. The lowest BCUT2D eigenvalue weighted by Crippen LogP contribution is -2.31. The van der Waals surface area contributed by atoms with Gasteiger partial charge < -0.3 is 5.11 Å². The normalized spacial score (nSPS) is 17.5. The molecule has 1 aromatic carbocycles. The zero-order valence-corrected chi connectivity index (χ0v) is 12.6. The quantitative estimate of drug-likeness (QED) is 0.883. The standard InChI is InChI=1S/C13H14N4O4S/c1-16-12(7-14-15-16)22(20,21)17-8-9(6-13(18)19)10-4-2-3-5-11(10)17/h2-5,7,9H,6,8H2,1H3,(H,18,19). The number of carbonyl (C=O) groups is 1. The van der Waals surface area contributed by atoms with Crippen LogP contribution in [0.25, 0.3) is 0 Å². The number of aryl methyl sites for hydroxylation is 1. The number of para-hydroxylation sites is 1. The number of carboxylic acid groups (broad SMARTS) is 1. The Morgan fingerprint density at radius 2 is 2.14 bits per heavy atom. The lowest BCUT2D eigenvalue weighted by atomic mass is 9.98. The molecule has 1 aliphatic heterocycles.